The Balaban J connectivity index is 1.48. The van der Waals surface area contributed by atoms with E-state index < -0.39 is 23.1 Å². The van der Waals surface area contributed by atoms with E-state index in [1.54, 1.807) is 11.3 Å². The van der Waals surface area contributed by atoms with Crippen molar-refractivity contribution in [1.82, 2.24) is 19.8 Å². The third-order valence-electron chi connectivity index (χ3n) is 6.20. The maximum absolute atomic E-state index is 12.1. The summed E-state index contributed by atoms with van der Waals surface area (Å²) in [6, 6.07) is 13.1. The van der Waals surface area contributed by atoms with Crippen LogP contribution in [-0.2, 0) is 20.9 Å². The molecule has 188 valence electrons. The van der Waals surface area contributed by atoms with E-state index in [9.17, 15) is 18.4 Å². The summed E-state index contributed by atoms with van der Waals surface area (Å²) in [6.45, 7) is 3.71. The number of carbonyl (C=O) groups excluding carboxylic acids is 2. The molecular weight excluding hydrogens is 484 g/mol. The summed E-state index contributed by atoms with van der Waals surface area (Å²) in [6.07, 6.45) is 6.76. The molecule has 2 amide bonds. The predicted octanol–water partition coefficient (Wildman–Crippen LogP) is 2.15. The normalized spacial score (nSPS) is 16.4. The van der Waals surface area contributed by atoms with Crippen LogP contribution in [0.15, 0.2) is 41.8 Å². The van der Waals surface area contributed by atoms with E-state index in [2.05, 4.69) is 70.2 Å². The molecule has 2 aromatic rings. The average molecular weight is 516 g/mol. The maximum atomic E-state index is 12.1. The van der Waals surface area contributed by atoms with Crippen molar-refractivity contribution in [3.63, 3.8) is 0 Å². The monoisotopic (exact) mass is 515 g/mol. The molecule has 0 saturated carbocycles. The lowest BCUT2D eigenvalue weighted by Gasteiger charge is -2.38. The first kappa shape index (κ1) is 27.0. The molecule has 10 heteroatoms. The highest BCUT2D eigenvalue weighted by atomic mass is 32.2. The van der Waals surface area contributed by atoms with E-state index >= 15 is 0 Å². The van der Waals surface area contributed by atoms with Gasteiger partial charge >= 0.3 is 0 Å². The molecule has 2 heterocycles. The molecule has 2 unspecified atom stereocenters. The second kappa shape index (κ2) is 13.5. The van der Waals surface area contributed by atoms with Gasteiger partial charge in [0.2, 0.25) is 11.8 Å². The third-order valence-corrected chi connectivity index (χ3v) is 7.82. The summed E-state index contributed by atoms with van der Waals surface area (Å²) in [7, 11) is 0. The lowest BCUT2D eigenvalue weighted by atomic mass is 9.94. The smallest absolute Gasteiger partial charge is 0.240 e. The van der Waals surface area contributed by atoms with Crippen molar-refractivity contribution in [3.8, 4) is 22.8 Å². The molecule has 35 heavy (non-hydrogen) atoms. The van der Waals surface area contributed by atoms with E-state index in [1.807, 2.05) is 0 Å². The van der Waals surface area contributed by atoms with E-state index in [0.717, 1.165) is 30.2 Å². The van der Waals surface area contributed by atoms with Crippen LogP contribution in [0.5, 0.6) is 0 Å². The molecule has 0 aliphatic carbocycles. The van der Waals surface area contributed by atoms with Crippen LogP contribution in [0.2, 0.25) is 0 Å². The number of piperidine rings is 1. The van der Waals surface area contributed by atoms with Crippen LogP contribution in [0.3, 0.4) is 0 Å². The molecule has 8 nitrogen and oxygen atoms in total. The van der Waals surface area contributed by atoms with Crippen LogP contribution in [0.25, 0.3) is 10.4 Å². The fourth-order valence-corrected chi connectivity index (χ4v) is 5.48. The van der Waals surface area contributed by atoms with E-state index in [-0.39, 0.29) is 38.1 Å². The highest BCUT2D eigenvalue weighted by Gasteiger charge is 2.26. The molecule has 0 spiro atoms. The molecule has 0 bridgehead atoms. The number of benzene rings is 1. The fourth-order valence-electron chi connectivity index (χ4n) is 4.20. The summed E-state index contributed by atoms with van der Waals surface area (Å²) in [5.74, 6) is 1.49. The maximum Gasteiger partial charge on any atom is 0.240 e. The molecular formula is C25H31N4O4S2-. The molecule has 1 aromatic carbocycles. The van der Waals surface area contributed by atoms with Gasteiger partial charge in [0.25, 0.3) is 0 Å². The van der Waals surface area contributed by atoms with Crippen molar-refractivity contribution in [2.45, 2.75) is 25.8 Å². The second-order valence-corrected chi connectivity index (χ2v) is 10.5. The van der Waals surface area contributed by atoms with E-state index in [4.69, 9.17) is 6.42 Å². The van der Waals surface area contributed by atoms with Gasteiger partial charge in [-0.2, -0.15) is 0 Å². The molecule has 3 rings (SSSR count). The lowest BCUT2D eigenvalue weighted by Crippen LogP contribution is -2.45. The lowest BCUT2D eigenvalue weighted by molar-refractivity contribution is -0.126. The van der Waals surface area contributed by atoms with Crippen molar-refractivity contribution >= 4 is 34.4 Å². The SMILES string of the molecule is C#CCNC(=O)CNC(=O)CN(CC1CCN(C(C)c2cccc(-c3cccs3)c2)CC1)S(=O)[O-]. The van der Waals surface area contributed by atoms with Crippen LogP contribution >= 0.6 is 11.3 Å². The van der Waals surface area contributed by atoms with Crippen LogP contribution in [0, 0.1) is 18.3 Å². The summed E-state index contributed by atoms with van der Waals surface area (Å²) in [4.78, 5) is 27.4. The minimum absolute atomic E-state index is 0.0722. The van der Waals surface area contributed by atoms with Crippen molar-refractivity contribution in [1.29, 1.82) is 0 Å². The number of rotatable bonds is 11. The molecule has 1 aliphatic heterocycles. The summed E-state index contributed by atoms with van der Waals surface area (Å²) >= 11 is -0.799. The van der Waals surface area contributed by atoms with E-state index in [0.29, 0.717) is 0 Å². The van der Waals surface area contributed by atoms with Gasteiger partial charge in [-0.3, -0.25) is 18.7 Å². The first-order valence-corrected chi connectivity index (χ1v) is 13.5. The number of hydrogen-bond donors (Lipinski definition) is 2. The molecule has 1 aliphatic rings. The molecule has 1 saturated heterocycles. The minimum atomic E-state index is -2.53. The Morgan fingerprint density at radius 3 is 2.69 bits per heavy atom. The van der Waals surface area contributed by atoms with Crippen LogP contribution in [0.4, 0.5) is 0 Å². The summed E-state index contributed by atoms with van der Waals surface area (Å²) in [5.41, 5.74) is 2.49. The fraction of sp³-hybridized carbons (Fsp3) is 0.440. The summed E-state index contributed by atoms with van der Waals surface area (Å²) < 4.78 is 24.5. The topological polar surface area (TPSA) is 105 Å². The second-order valence-electron chi connectivity index (χ2n) is 8.56. The standard InChI is InChI=1S/C25H32N4O4S2/c1-3-11-26-24(30)16-27-25(31)18-29(35(32)33)17-20-9-12-28(13-10-20)19(2)21-6-4-7-22(15-21)23-8-5-14-34-23/h1,4-8,14-15,19-20H,9-13,16-18H2,2H3,(H,26,30)(H,27,31)(H,32,33)/p-1. The van der Waals surface area contributed by atoms with Crippen LogP contribution in [-0.4, -0.2) is 69.0 Å². The van der Waals surface area contributed by atoms with Gasteiger partial charge in [0.1, 0.15) is 0 Å². The third kappa shape index (κ3) is 8.26. The number of nitrogens with one attached hydrogen (secondary N) is 2. The molecule has 1 fully saturated rings. The Morgan fingerprint density at radius 1 is 1.26 bits per heavy atom. The number of hydrogen-bond acceptors (Lipinski definition) is 6. The Kier molecular flexibility index (Phi) is 10.4. The Hall–Kier alpha value is -2.55. The van der Waals surface area contributed by atoms with Gasteiger partial charge in [-0.25, -0.2) is 4.31 Å². The van der Waals surface area contributed by atoms with Crippen LogP contribution < -0.4 is 10.6 Å². The molecule has 0 radical (unpaired) electrons. The number of likely N-dealkylation sites (tertiary alicyclic amines) is 1. The van der Waals surface area contributed by atoms with Crippen LogP contribution in [0.1, 0.15) is 31.4 Å². The highest BCUT2D eigenvalue weighted by Crippen LogP contribution is 2.31. The summed E-state index contributed by atoms with van der Waals surface area (Å²) in [5, 5.41) is 6.94. The number of nitrogens with zero attached hydrogens (tertiary/aromatic N) is 2. The molecule has 2 atom stereocenters. The number of amides is 2. The quantitative estimate of drug-likeness (QED) is 0.353. The Morgan fingerprint density at radius 2 is 2.03 bits per heavy atom. The highest BCUT2D eigenvalue weighted by molar-refractivity contribution is 7.76. The zero-order chi connectivity index (χ0) is 25.2. The van der Waals surface area contributed by atoms with Gasteiger partial charge in [-0.15, -0.1) is 17.8 Å². The van der Waals surface area contributed by atoms with Gasteiger partial charge in [0.15, 0.2) is 0 Å². The molecule has 1 aromatic heterocycles. The van der Waals surface area contributed by atoms with Crippen molar-refractivity contribution < 1.29 is 18.4 Å². The number of thiophene rings is 1. The zero-order valence-electron chi connectivity index (χ0n) is 19.8. The first-order valence-electron chi connectivity index (χ1n) is 11.6. The van der Waals surface area contributed by atoms with Gasteiger partial charge in [-0.1, -0.05) is 30.2 Å². The van der Waals surface area contributed by atoms with Crippen molar-refractivity contribution in [2.75, 3.05) is 39.3 Å². The van der Waals surface area contributed by atoms with Gasteiger partial charge in [0, 0.05) is 28.7 Å². The van der Waals surface area contributed by atoms with Gasteiger partial charge in [-0.05, 0) is 67.4 Å². The largest absolute Gasteiger partial charge is 0.760 e. The van der Waals surface area contributed by atoms with Crippen molar-refractivity contribution in [2.24, 2.45) is 5.92 Å². The van der Waals surface area contributed by atoms with E-state index in [1.165, 1.54) is 16.0 Å². The Bertz CT molecular complexity index is 1050. The first-order chi connectivity index (χ1) is 16.9. The average Bonchev–Trinajstić information content (AvgIpc) is 3.41. The van der Waals surface area contributed by atoms with Gasteiger partial charge < -0.3 is 15.2 Å². The number of terminal acetylenes is 1. The number of carbonyl (C=O) groups is 2. The van der Waals surface area contributed by atoms with Crippen molar-refractivity contribution in [3.05, 3.63) is 47.3 Å². The van der Waals surface area contributed by atoms with Gasteiger partial charge in [0.05, 0.1) is 19.6 Å². The predicted molar refractivity (Wildman–Crippen MR) is 138 cm³/mol. The zero-order valence-corrected chi connectivity index (χ0v) is 21.4. The Labute approximate surface area is 213 Å². The minimum Gasteiger partial charge on any atom is -0.760 e. The molecule has 2 N–H and O–H groups in total.